The molecule has 0 unspecified atom stereocenters. The van der Waals surface area contributed by atoms with E-state index in [1.807, 2.05) is 24.3 Å². The molecule has 1 aliphatic rings. The van der Waals surface area contributed by atoms with Crippen molar-refractivity contribution in [1.82, 2.24) is 10.2 Å². The third-order valence-corrected chi connectivity index (χ3v) is 3.92. The number of carbonyl (C=O) groups is 1. The third kappa shape index (κ3) is 4.28. The molecule has 1 heterocycles. The van der Waals surface area contributed by atoms with Crippen molar-refractivity contribution < 1.29 is 4.79 Å². The Morgan fingerprint density at radius 1 is 1.35 bits per heavy atom. The van der Waals surface area contributed by atoms with Gasteiger partial charge in [-0.2, -0.15) is 0 Å². The number of hydrogen-bond acceptors (Lipinski definition) is 3. The Morgan fingerprint density at radius 3 is 2.50 bits per heavy atom. The Bertz CT molecular complexity index is 478. The molecule has 0 aliphatic carbocycles. The van der Waals surface area contributed by atoms with Gasteiger partial charge in [-0.1, -0.05) is 36.5 Å². The molecule has 0 radical (unpaired) electrons. The molecule has 5 heteroatoms. The molecular weight excluding hydrogens is 270 g/mol. The number of likely N-dealkylation sites (tertiary alicyclic amines) is 1. The number of nitrogens with one attached hydrogen (secondary N) is 1. The summed E-state index contributed by atoms with van der Waals surface area (Å²) < 4.78 is 0. The van der Waals surface area contributed by atoms with Gasteiger partial charge in [0.25, 0.3) is 0 Å². The summed E-state index contributed by atoms with van der Waals surface area (Å²) in [6.45, 7) is 2.10. The molecule has 1 aliphatic heterocycles. The fraction of sp³-hybridized carbons (Fsp3) is 0.467. The monoisotopic (exact) mass is 291 g/mol. The largest absolute Gasteiger partial charge is 0.389 e. The lowest BCUT2D eigenvalue weighted by atomic mass is 10.0. The lowest BCUT2D eigenvalue weighted by Crippen LogP contribution is -2.43. The number of carbonyl (C=O) groups excluding carboxylic acids is 1. The first-order valence-electron chi connectivity index (χ1n) is 6.91. The summed E-state index contributed by atoms with van der Waals surface area (Å²) in [6.07, 6.45) is 2.47. The van der Waals surface area contributed by atoms with Gasteiger partial charge in [-0.05, 0) is 38.5 Å². The summed E-state index contributed by atoms with van der Waals surface area (Å²) in [4.78, 5) is 14.7. The molecule has 4 nitrogen and oxygen atoms in total. The third-order valence-electron chi connectivity index (χ3n) is 3.69. The topological polar surface area (TPSA) is 58.4 Å². The minimum absolute atomic E-state index is 0.0858. The van der Waals surface area contributed by atoms with E-state index in [2.05, 4.69) is 17.3 Å². The molecule has 1 aromatic rings. The van der Waals surface area contributed by atoms with Crippen molar-refractivity contribution >= 4 is 23.1 Å². The Kier molecular flexibility index (Phi) is 5.09. The SMILES string of the molecule is CN1CCC(NC(=O)Cc2ccc(C(N)=S)cc2)CC1. The standard InChI is InChI=1S/C15H21N3OS/c1-18-8-6-13(7-9-18)17-14(19)10-11-2-4-12(5-3-11)15(16)20/h2-5,13H,6-10H2,1H3,(H2,16,20)(H,17,19). The highest BCUT2D eigenvalue weighted by molar-refractivity contribution is 7.80. The van der Waals surface area contributed by atoms with Crippen LogP contribution in [0.1, 0.15) is 24.0 Å². The van der Waals surface area contributed by atoms with E-state index in [9.17, 15) is 4.79 Å². The summed E-state index contributed by atoms with van der Waals surface area (Å²) in [7, 11) is 2.11. The van der Waals surface area contributed by atoms with Crippen LogP contribution >= 0.6 is 12.2 Å². The van der Waals surface area contributed by atoms with Crippen molar-refractivity contribution in [3.8, 4) is 0 Å². The molecule has 3 N–H and O–H groups in total. The van der Waals surface area contributed by atoms with E-state index < -0.39 is 0 Å². The molecule has 108 valence electrons. The van der Waals surface area contributed by atoms with Gasteiger partial charge in [0.1, 0.15) is 4.99 Å². The summed E-state index contributed by atoms with van der Waals surface area (Å²) in [5.74, 6) is 0.0858. The molecule has 0 saturated carbocycles. The van der Waals surface area contributed by atoms with Gasteiger partial charge in [0.05, 0.1) is 6.42 Å². The molecule has 1 amide bonds. The predicted octanol–water partition coefficient (Wildman–Crippen LogP) is 1.07. The lowest BCUT2D eigenvalue weighted by Gasteiger charge is -2.29. The van der Waals surface area contributed by atoms with Gasteiger partial charge in [0, 0.05) is 11.6 Å². The number of amides is 1. The second-order valence-electron chi connectivity index (χ2n) is 5.38. The smallest absolute Gasteiger partial charge is 0.224 e. The minimum Gasteiger partial charge on any atom is -0.389 e. The van der Waals surface area contributed by atoms with Crippen LogP contribution in [0.2, 0.25) is 0 Å². The molecule has 0 aromatic heterocycles. The van der Waals surface area contributed by atoms with Crippen LogP contribution in [0.25, 0.3) is 0 Å². The summed E-state index contributed by atoms with van der Waals surface area (Å²) in [6, 6.07) is 7.85. The van der Waals surface area contributed by atoms with E-state index in [1.54, 1.807) is 0 Å². The summed E-state index contributed by atoms with van der Waals surface area (Å²) in [5.41, 5.74) is 7.36. The van der Waals surface area contributed by atoms with Gasteiger partial charge in [-0.3, -0.25) is 4.79 Å². The van der Waals surface area contributed by atoms with Crippen molar-refractivity contribution in [1.29, 1.82) is 0 Å². The van der Waals surface area contributed by atoms with E-state index in [0.29, 0.717) is 17.5 Å². The highest BCUT2D eigenvalue weighted by atomic mass is 32.1. The van der Waals surface area contributed by atoms with Crippen molar-refractivity contribution in [3.05, 3.63) is 35.4 Å². The average Bonchev–Trinajstić information content (AvgIpc) is 2.42. The maximum atomic E-state index is 12.0. The Hall–Kier alpha value is -1.46. The van der Waals surface area contributed by atoms with Gasteiger partial charge in [-0.25, -0.2) is 0 Å². The molecule has 1 fully saturated rings. The van der Waals surface area contributed by atoms with Crippen molar-refractivity contribution in [2.24, 2.45) is 5.73 Å². The zero-order valence-electron chi connectivity index (χ0n) is 11.8. The maximum Gasteiger partial charge on any atom is 0.224 e. The summed E-state index contributed by atoms with van der Waals surface area (Å²) in [5, 5.41) is 3.11. The highest BCUT2D eigenvalue weighted by Crippen LogP contribution is 2.09. The number of piperidine rings is 1. The second-order valence-corrected chi connectivity index (χ2v) is 5.82. The van der Waals surface area contributed by atoms with E-state index in [4.69, 9.17) is 18.0 Å². The molecule has 20 heavy (non-hydrogen) atoms. The Balaban J connectivity index is 1.83. The number of hydrogen-bond donors (Lipinski definition) is 2. The number of rotatable bonds is 4. The zero-order chi connectivity index (χ0) is 14.5. The van der Waals surface area contributed by atoms with Gasteiger partial charge >= 0.3 is 0 Å². The van der Waals surface area contributed by atoms with Crippen LogP contribution in [-0.2, 0) is 11.2 Å². The first-order chi connectivity index (χ1) is 9.54. The predicted molar refractivity (Wildman–Crippen MR) is 84.7 cm³/mol. The molecule has 2 rings (SSSR count). The average molecular weight is 291 g/mol. The zero-order valence-corrected chi connectivity index (χ0v) is 12.6. The first-order valence-corrected chi connectivity index (χ1v) is 7.32. The van der Waals surface area contributed by atoms with Crippen molar-refractivity contribution in [2.45, 2.75) is 25.3 Å². The fourth-order valence-electron chi connectivity index (χ4n) is 2.40. The van der Waals surface area contributed by atoms with Crippen molar-refractivity contribution in [3.63, 3.8) is 0 Å². The van der Waals surface area contributed by atoms with Crippen LogP contribution in [0.3, 0.4) is 0 Å². The molecule has 1 aromatic carbocycles. The van der Waals surface area contributed by atoms with Crippen LogP contribution < -0.4 is 11.1 Å². The van der Waals surface area contributed by atoms with Crippen molar-refractivity contribution in [2.75, 3.05) is 20.1 Å². The molecule has 0 atom stereocenters. The molecular formula is C15H21N3OS. The number of nitrogens with zero attached hydrogens (tertiary/aromatic N) is 1. The second kappa shape index (κ2) is 6.81. The highest BCUT2D eigenvalue weighted by Gasteiger charge is 2.18. The molecule has 0 spiro atoms. The Labute approximate surface area is 125 Å². The quantitative estimate of drug-likeness (QED) is 0.815. The fourth-order valence-corrected chi connectivity index (χ4v) is 2.54. The van der Waals surface area contributed by atoms with Gasteiger partial charge in [0.15, 0.2) is 0 Å². The molecule has 1 saturated heterocycles. The van der Waals surface area contributed by atoms with Crippen LogP contribution in [0.15, 0.2) is 24.3 Å². The van der Waals surface area contributed by atoms with Gasteiger partial charge in [0.2, 0.25) is 5.91 Å². The van der Waals surface area contributed by atoms with E-state index in [-0.39, 0.29) is 5.91 Å². The first kappa shape index (κ1) is 14.9. The number of thiocarbonyl (C=S) groups is 1. The van der Waals surface area contributed by atoms with E-state index in [1.165, 1.54) is 0 Å². The Morgan fingerprint density at radius 2 is 1.95 bits per heavy atom. The van der Waals surface area contributed by atoms with Gasteiger partial charge < -0.3 is 16.0 Å². The van der Waals surface area contributed by atoms with Crippen LogP contribution in [0, 0.1) is 0 Å². The van der Waals surface area contributed by atoms with Crippen LogP contribution in [0.4, 0.5) is 0 Å². The normalized spacial score (nSPS) is 16.9. The maximum absolute atomic E-state index is 12.0. The number of nitrogens with two attached hydrogens (primary N) is 1. The summed E-state index contributed by atoms with van der Waals surface area (Å²) >= 11 is 4.91. The van der Waals surface area contributed by atoms with Crippen LogP contribution in [-0.4, -0.2) is 42.0 Å². The van der Waals surface area contributed by atoms with Gasteiger partial charge in [-0.15, -0.1) is 0 Å². The van der Waals surface area contributed by atoms with E-state index >= 15 is 0 Å². The minimum atomic E-state index is 0.0858. The van der Waals surface area contributed by atoms with E-state index in [0.717, 1.165) is 37.1 Å². The lowest BCUT2D eigenvalue weighted by molar-refractivity contribution is -0.121. The van der Waals surface area contributed by atoms with Crippen LogP contribution in [0.5, 0.6) is 0 Å². The number of benzene rings is 1. The molecule has 0 bridgehead atoms.